The van der Waals surface area contributed by atoms with Crippen LogP contribution in [-0.4, -0.2) is 13.5 Å². The quantitative estimate of drug-likeness (QED) is 0.853. The van der Waals surface area contributed by atoms with Crippen LogP contribution in [0.15, 0.2) is 41.3 Å². The monoisotopic (exact) mass is 311 g/mol. The van der Waals surface area contributed by atoms with Gasteiger partial charge in [-0.3, -0.25) is 4.72 Å². The van der Waals surface area contributed by atoms with E-state index in [1.54, 1.807) is 25.1 Å². The van der Waals surface area contributed by atoms with Crippen LogP contribution in [0.2, 0.25) is 5.02 Å². The molecule has 20 heavy (non-hydrogen) atoms. The fourth-order valence-electron chi connectivity index (χ4n) is 1.73. The molecule has 0 aliphatic carbocycles. The molecule has 106 valence electrons. The Hall–Kier alpha value is -1.72. The average molecular weight is 312 g/mol. The van der Waals surface area contributed by atoms with Gasteiger partial charge in [-0.25, -0.2) is 8.42 Å². The van der Waals surface area contributed by atoms with Crippen LogP contribution < -0.4 is 4.72 Å². The number of benzene rings is 2. The standard InChI is InChI=1S/C14H14ClNO3S/c1-9-3-5-12(6-4-9)20(18,19)16-13-8-11(15)7-10(2)14(13)17/h3-8,16-17H,1-2H3. The maximum absolute atomic E-state index is 12.2. The Labute approximate surface area is 123 Å². The molecule has 0 saturated carbocycles. The number of halogens is 1. The first-order valence-corrected chi connectivity index (χ1v) is 7.74. The van der Waals surface area contributed by atoms with Crippen LogP contribution in [-0.2, 0) is 10.0 Å². The van der Waals surface area contributed by atoms with E-state index >= 15 is 0 Å². The molecule has 2 rings (SSSR count). The number of nitrogens with one attached hydrogen (secondary N) is 1. The lowest BCUT2D eigenvalue weighted by Gasteiger charge is -2.12. The second-order valence-corrected chi connectivity index (χ2v) is 6.66. The highest BCUT2D eigenvalue weighted by molar-refractivity contribution is 7.92. The maximum atomic E-state index is 12.2. The lowest BCUT2D eigenvalue weighted by Crippen LogP contribution is -2.13. The molecule has 0 amide bonds. The molecule has 0 spiro atoms. The van der Waals surface area contributed by atoms with Crippen molar-refractivity contribution in [3.05, 3.63) is 52.5 Å². The molecule has 2 N–H and O–H groups in total. The van der Waals surface area contributed by atoms with Gasteiger partial charge in [0.15, 0.2) is 0 Å². The van der Waals surface area contributed by atoms with Crippen molar-refractivity contribution >= 4 is 27.3 Å². The number of anilines is 1. The number of rotatable bonds is 3. The van der Waals surface area contributed by atoms with Crippen molar-refractivity contribution in [2.75, 3.05) is 4.72 Å². The summed E-state index contributed by atoms with van der Waals surface area (Å²) in [6.07, 6.45) is 0. The summed E-state index contributed by atoms with van der Waals surface area (Å²) >= 11 is 5.87. The van der Waals surface area contributed by atoms with Crippen LogP contribution >= 0.6 is 11.6 Å². The molecule has 0 aromatic heterocycles. The first kappa shape index (κ1) is 14.7. The van der Waals surface area contributed by atoms with Crippen LogP contribution in [0.4, 0.5) is 5.69 Å². The first-order valence-electron chi connectivity index (χ1n) is 5.88. The summed E-state index contributed by atoms with van der Waals surface area (Å²) in [5.74, 6) is -0.134. The number of hydrogen-bond acceptors (Lipinski definition) is 3. The number of aryl methyl sites for hydroxylation is 2. The van der Waals surface area contributed by atoms with Gasteiger partial charge in [0, 0.05) is 5.02 Å². The molecule has 0 bridgehead atoms. The zero-order chi connectivity index (χ0) is 14.9. The van der Waals surface area contributed by atoms with Gasteiger partial charge in [0.1, 0.15) is 5.75 Å². The van der Waals surface area contributed by atoms with E-state index in [9.17, 15) is 13.5 Å². The Kier molecular flexibility index (Phi) is 3.92. The van der Waals surface area contributed by atoms with Crippen molar-refractivity contribution < 1.29 is 13.5 Å². The topological polar surface area (TPSA) is 66.4 Å². The van der Waals surface area contributed by atoms with Gasteiger partial charge in [0.25, 0.3) is 10.0 Å². The van der Waals surface area contributed by atoms with E-state index in [1.807, 2.05) is 6.92 Å². The van der Waals surface area contributed by atoms with Crippen molar-refractivity contribution in [3.8, 4) is 5.75 Å². The van der Waals surface area contributed by atoms with E-state index in [4.69, 9.17) is 11.6 Å². The summed E-state index contributed by atoms with van der Waals surface area (Å²) < 4.78 is 26.8. The third kappa shape index (κ3) is 3.05. The zero-order valence-corrected chi connectivity index (χ0v) is 12.6. The average Bonchev–Trinajstić information content (AvgIpc) is 2.35. The van der Waals surface area contributed by atoms with E-state index in [2.05, 4.69) is 4.72 Å². The van der Waals surface area contributed by atoms with Crippen LogP contribution in [0.3, 0.4) is 0 Å². The van der Waals surface area contributed by atoms with E-state index in [0.717, 1.165) is 5.56 Å². The summed E-state index contributed by atoms with van der Waals surface area (Å²) in [5, 5.41) is 10.2. The summed E-state index contributed by atoms with van der Waals surface area (Å²) in [6, 6.07) is 9.35. The molecule has 0 heterocycles. The molecule has 0 aliphatic heterocycles. The predicted molar refractivity (Wildman–Crippen MR) is 79.8 cm³/mol. The van der Waals surface area contributed by atoms with Gasteiger partial charge < -0.3 is 5.11 Å². The molecule has 6 heteroatoms. The first-order chi connectivity index (χ1) is 9.29. The molecule has 4 nitrogen and oxygen atoms in total. The number of aromatic hydroxyl groups is 1. The molecule has 0 radical (unpaired) electrons. The fourth-order valence-corrected chi connectivity index (χ4v) is 3.06. The molecule has 2 aromatic carbocycles. The Balaban J connectivity index is 2.41. The van der Waals surface area contributed by atoms with Crippen molar-refractivity contribution in [2.45, 2.75) is 18.7 Å². The third-order valence-electron chi connectivity index (χ3n) is 2.84. The Morgan fingerprint density at radius 2 is 1.70 bits per heavy atom. The zero-order valence-electron chi connectivity index (χ0n) is 11.0. The summed E-state index contributed by atoms with van der Waals surface area (Å²) in [5.41, 5.74) is 1.53. The lowest BCUT2D eigenvalue weighted by atomic mass is 10.2. The molecular weight excluding hydrogens is 298 g/mol. The number of phenols is 1. The summed E-state index contributed by atoms with van der Waals surface area (Å²) in [4.78, 5) is 0.125. The van der Waals surface area contributed by atoms with Crippen molar-refractivity contribution in [2.24, 2.45) is 0 Å². The SMILES string of the molecule is Cc1ccc(S(=O)(=O)Nc2cc(Cl)cc(C)c2O)cc1. The summed E-state index contributed by atoms with van der Waals surface area (Å²) in [7, 11) is -3.75. The van der Waals surface area contributed by atoms with Gasteiger partial charge in [-0.2, -0.15) is 0 Å². The molecular formula is C14H14ClNO3S. The van der Waals surface area contributed by atoms with E-state index in [0.29, 0.717) is 10.6 Å². The molecule has 0 aliphatic rings. The minimum Gasteiger partial charge on any atom is -0.505 e. The highest BCUT2D eigenvalue weighted by atomic mass is 35.5. The van der Waals surface area contributed by atoms with Gasteiger partial charge in [-0.05, 0) is 43.7 Å². The molecule has 0 unspecified atom stereocenters. The van der Waals surface area contributed by atoms with E-state index < -0.39 is 10.0 Å². The van der Waals surface area contributed by atoms with Gasteiger partial charge in [-0.1, -0.05) is 29.3 Å². The predicted octanol–water partition coefficient (Wildman–Crippen LogP) is 3.46. The van der Waals surface area contributed by atoms with Crippen molar-refractivity contribution in [1.29, 1.82) is 0 Å². The van der Waals surface area contributed by atoms with Gasteiger partial charge in [-0.15, -0.1) is 0 Å². The van der Waals surface area contributed by atoms with Gasteiger partial charge >= 0.3 is 0 Å². The Bertz CT molecular complexity index is 740. The smallest absolute Gasteiger partial charge is 0.262 e. The van der Waals surface area contributed by atoms with E-state index in [1.165, 1.54) is 18.2 Å². The number of phenolic OH excluding ortho intramolecular Hbond substituents is 1. The third-order valence-corrected chi connectivity index (χ3v) is 4.44. The maximum Gasteiger partial charge on any atom is 0.262 e. The van der Waals surface area contributed by atoms with Crippen LogP contribution in [0.1, 0.15) is 11.1 Å². The fraction of sp³-hybridized carbons (Fsp3) is 0.143. The molecule has 0 saturated heterocycles. The lowest BCUT2D eigenvalue weighted by molar-refractivity contribution is 0.473. The highest BCUT2D eigenvalue weighted by Crippen LogP contribution is 2.32. The minimum absolute atomic E-state index is 0.0653. The Morgan fingerprint density at radius 3 is 2.30 bits per heavy atom. The normalized spacial score (nSPS) is 11.3. The van der Waals surface area contributed by atoms with E-state index in [-0.39, 0.29) is 16.3 Å². The summed E-state index contributed by atoms with van der Waals surface area (Å²) in [6.45, 7) is 3.51. The Morgan fingerprint density at radius 1 is 1.10 bits per heavy atom. The van der Waals surface area contributed by atoms with Crippen molar-refractivity contribution in [3.63, 3.8) is 0 Å². The minimum atomic E-state index is -3.75. The highest BCUT2D eigenvalue weighted by Gasteiger charge is 2.17. The van der Waals surface area contributed by atoms with Gasteiger partial charge in [0.05, 0.1) is 10.6 Å². The van der Waals surface area contributed by atoms with Crippen LogP contribution in [0.25, 0.3) is 0 Å². The van der Waals surface area contributed by atoms with Crippen LogP contribution in [0, 0.1) is 13.8 Å². The molecule has 0 atom stereocenters. The van der Waals surface area contributed by atoms with Crippen LogP contribution in [0.5, 0.6) is 5.75 Å². The van der Waals surface area contributed by atoms with Gasteiger partial charge in [0.2, 0.25) is 0 Å². The second kappa shape index (κ2) is 5.34. The number of hydrogen-bond donors (Lipinski definition) is 2. The van der Waals surface area contributed by atoms with Crippen molar-refractivity contribution in [1.82, 2.24) is 0 Å². The largest absolute Gasteiger partial charge is 0.505 e. The molecule has 2 aromatic rings. The number of sulfonamides is 1. The second-order valence-electron chi connectivity index (χ2n) is 4.54. The molecule has 0 fully saturated rings.